The molecule has 2 saturated heterocycles. The van der Waals surface area contributed by atoms with Crippen LogP contribution in [0.1, 0.15) is 40.7 Å². The van der Waals surface area contributed by atoms with Crippen LogP contribution in [0.25, 0.3) is 0 Å². The molecule has 1 amide bonds. The Morgan fingerprint density at radius 2 is 1.89 bits per heavy atom. The highest BCUT2D eigenvalue weighted by atomic mass is 16.3. The Morgan fingerprint density at radius 1 is 1.07 bits per heavy atom. The zero-order valence-electron chi connectivity index (χ0n) is 16.7. The smallest absolute Gasteiger partial charge is 0.257 e. The van der Waals surface area contributed by atoms with Crippen molar-refractivity contribution in [3.05, 3.63) is 65.2 Å². The Balaban J connectivity index is 1.38. The summed E-state index contributed by atoms with van der Waals surface area (Å²) in [7, 11) is 0. The molecule has 4 heteroatoms. The maximum atomic E-state index is 12.9. The number of phenols is 1. The summed E-state index contributed by atoms with van der Waals surface area (Å²) < 4.78 is 0. The molecule has 2 aromatic rings. The SMILES string of the molecule is Cc1ccc(C(=O)N2CC[C@@]3(CCCN(CCc4ccccc4)C3)C2)c(O)c1. The van der Waals surface area contributed by atoms with Crippen LogP contribution in [0.4, 0.5) is 0 Å². The number of hydrogen-bond donors (Lipinski definition) is 1. The number of likely N-dealkylation sites (tertiary alicyclic amines) is 2. The summed E-state index contributed by atoms with van der Waals surface area (Å²) in [6, 6.07) is 16.0. The van der Waals surface area contributed by atoms with E-state index >= 15 is 0 Å². The van der Waals surface area contributed by atoms with Crippen LogP contribution in [-0.4, -0.2) is 53.5 Å². The largest absolute Gasteiger partial charge is 0.507 e. The molecule has 0 aromatic heterocycles. The van der Waals surface area contributed by atoms with Gasteiger partial charge < -0.3 is 14.9 Å². The molecule has 0 aliphatic carbocycles. The molecule has 0 saturated carbocycles. The summed E-state index contributed by atoms with van der Waals surface area (Å²) in [5.74, 6) is 0.0647. The maximum Gasteiger partial charge on any atom is 0.257 e. The van der Waals surface area contributed by atoms with E-state index in [9.17, 15) is 9.90 Å². The topological polar surface area (TPSA) is 43.8 Å². The van der Waals surface area contributed by atoms with Crippen LogP contribution in [0.5, 0.6) is 5.75 Å². The average Bonchev–Trinajstić information content (AvgIpc) is 3.10. The third-order valence-corrected chi connectivity index (χ3v) is 6.41. The van der Waals surface area contributed by atoms with Crippen molar-refractivity contribution in [2.24, 2.45) is 5.41 Å². The monoisotopic (exact) mass is 378 g/mol. The maximum absolute atomic E-state index is 12.9. The highest BCUT2D eigenvalue weighted by molar-refractivity contribution is 5.97. The lowest BCUT2D eigenvalue weighted by Crippen LogP contribution is -2.46. The van der Waals surface area contributed by atoms with Gasteiger partial charge in [-0.25, -0.2) is 0 Å². The average molecular weight is 379 g/mol. The van der Waals surface area contributed by atoms with Gasteiger partial charge in [0, 0.05) is 31.6 Å². The van der Waals surface area contributed by atoms with E-state index < -0.39 is 0 Å². The molecule has 1 N–H and O–H groups in total. The number of aromatic hydroxyl groups is 1. The Hall–Kier alpha value is -2.33. The zero-order chi connectivity index (χ0) is 19.6. The summed E-state index contributed by atoms with van der Waals surface area (Å²) in [5.41, 5.74) is 3.00. The van der Waals surface area contributed by atoms with Crippen LogP contribution in [-0.2, 0) is 6.42 Å². The highest BCUT2D eigenvalue weighted by Gasteiger charge is 2.43. The van der Waals surface area contributed by atoms with Crippen molar-refractivity contribution in [1.29, 1.82) is 0 Å². The number of hydrogen-bond acceptors (Lipinski definition) is 3. The van der Waals surface area contributed by atoms with Crippen molar-refractivity contribution in [2.75, 3.05) is 32.7 Å². The van der Waals surface area contributed by atoms with E-state index in [1.165, 1.54) is 18.4 Å². The summed E-state index contributed by atoms with van der Waals surface area (Å²) in [6.45, 7) is 6.83. The van der Waals surface area contributed by atoms with Gasteiger partial charge in [-0.15, -0.1) is 0 Å². The first-order valence-corrected chi connectivity index (χ1v) is 10.4. The number of phenolic OH excluding ortho intramolecular Hbond substituents is 1. The number of rotatable bonds is 4. The Bertz CT molecular complexity index is 836. The zero-order valence-corrected chi connectivity index (χ0v) is 16.7. The van der Waals surface area contributed by atoms with E-state index in [1.54, 1.807) is 12.1 Å². The molecule has 2 aliphatic heterocycles. The molecule has 0 radical (unpaired) electrons. The predicted octanol–water partition coefficient (Wildman–Crippen LogP) is 3.87. The van der Waals surface area contributed by atoms with Crippen LogP contribution in [0, 0.1) is 12.3 Å². The minimum absolute atomic E-state index is 0.0317. The molecule has 4 nitrogen and oxygen atoms in total. The third kappa shape index (κ3) is 4.07. The summed E-state index contributed by atoms with van der Waals surface area (Å²) >= 11 is 0. The van der Waals surface area contributed by atoms with Crippen LogP contribution >= 0.6 is 0 Å². The first-order valence-electron chi connectivity index (χ1n) is 10.4. The highest BCUT2D eigenvalue weighted by Crippen LogP contribution is 2.40. The van der Waals surface area contributed by atoms with E-state index in [1.807, 2.05) is 17.9 Å². The van der Waals surface area contributed by atoms with Gasteiger partial charge in [0.05, 0.1) is 5.56 Å². The molecule has 4 rings (SSSR count). The molecular formula is C24H30N2O2. The van der Waals surface area contributed by atoms with Gasteiger partial charge in [0.15, 0.2) is 0 Å². The first-order chi connectivity index (χ1) is 13.5. The molecule has 28 heavy (non-hydrogen) atoms. The third-order valence-electron chi connectivity index (χ3n) is 6.41. The lowest BCUT2D eigenvalue weighted by Gasteiger charge is -2.40. The predicted molar refractivity (Wildman–Crippen MR) is 112 cm³/mol. The van der Waals surface area contributed by atoms with E-state index in [4.69, 9.17) is 0 Å². The second-order valence-corrected chi connectivity index (χ2v) is 8.61. The lowest BCUT2D eigenvalue weighted by atomic mass is 9.79. The Labute approximate surface area is 167 Å². The fourth-order valence-corrected chi connectivity index (χ4v) is 4.87. The van der Waals surface area contributed by atoms with Gasteiger partial charge in [-0.2, -0.15) is 0 Å². The summed E-state index contributed by atoms with van der Waals surface area (Å²) in [5, 5.41) is 10.2. The minimum atomic E-state index is -0.0317. The quantitative estimate of drug-likeness (QED) is 0.878. The van der Waals surface area contributed by atoms with Gasteiger partial charge >= 0.3 is 0 Å². The summed E-state index contributed by atoms with van der Waals surface area (Å²) in [4.78, 5) is 17.5. The molecule has 0 bridgehead atoms. The number of aryl methyl sites for hydroxylation is 1. The first kappa shape index (κ1) is 19.0. The number of nitrogens with zero attached hydrogens (tertiary/aromatic N) is 2. The van der Waals surface area contributed by atoms with Crippen LogP contribution < -0.4 is 0 Å². The lowest BCUT2D eigenvalue weighted by molar-refractivity contribution is 0.0690. The van der Waals surface area contributed by atoms with Crippen molar-refractivity contribution in [3.8, 4) is 5.75 Å². The van der Waals surface area contributed by atoms with Crippen LogP contribution in [0.3, 0.4) is 0 Å². The fourth-order valence-electron chi connectivity index (χ4n) is 4.87. The van der Waals surface area contributed by atoms with Gasteiger partial charge in [0.1, 0.15) is 5.75 Å². The number of piperidine rings is 1. The van der Waals surface area contributed by atoms with E-state index in [0.29, 0.717) is 5.56 Å². The number of amides is 1. The van der Waals surface area contributed by atoms with E-state index in [2.05, 4.69) is 35.2 Å². The van der Waals surface area contributed by atoms with E-state index in [0.717, 1.165) is 51.1 Å². The normalized spacial score (nSPS) is 22.7. The van der Waals surface area contributed by atoms with Crippen molar-refractivity contribution < 1.29 is 9.90 Å². The Kier molecular flexibility index (Phi) is 5.40. The second kappa shape index (κ2) is 7.96. The minimum Gasteiger partial charge on any atom is -0.507 e. The van der Waals surface area contributed by atoms with Crippen LogP contribution in [0.2, 0.25) is 0 Å². The van der Waals surface area contributed by atoms with Gasteiger partial charge in [0.25, 0.3) is 5.91 Å². The van der Waals surface area contributed by atoms with Gasteiger partial charge in [-0.1, -0.05) is 36.4 Å². The molecular weight excluding hydrogens is 348 g/mol. The molecule has 1 atom stereocenters. The van der Waals surface area contributed by atoms with Crippen molar-refractivity contribution in [1.82, 2.24) is 9.80 Å². The molecule has 0 unspecified atom stereocenters. The number of carbonyl (C=O) groups is 1. The molecule has 2 aromatic carbocycles. The molecule has 148 valence electrons. The Morgan fingerprint density at radius 3 is 2.68 bits per heavy atom. The number of benzene rings is 2. The second-order valence-electron chi connectivity index (χ2n) is 8.61. The summed E-state index contributed by atoms with van der Waals surface area (Å²) in [6.07, 6.45) is 4.54. The van der Waals surface area contributed by atoms with Gasteiger partial charge in [0.2, 0.25) is 0 Å². The van der Waals surface area contributed by atoms with Gasteiger partial charge in [-0.05, 0) is 62.4 Å². The van der Waals surface area contributed by atoms with Gasteiger partial charge in [-0.3, -0.25) is 4.79 Å². The molecule has 2 heterocycles. The fraction of sp³-hybridized carbons (Fsp3) is 0.458. The number of carbonyl (C=O) groups excluding carboxylic acids is 1. The van der Waals surface area contributed by atoms with Crippen molar-refractivity contribution >= 4 is 5.91 Å². The molecule has 2 fully saturated rings. The standard InChI is InChI=1S/C24H30N2O2/c1-19-8-9-21(22(27)16-19)23(28)26-15-12-24(18-26)11-5-13-25(17-24)14-10-20-6-3-2-4-7-20/h2-4,6-9,16,27H,5,10-15,17-18H2,1H3/t24-/m1/s1. The van der Waals surface area contributed by atoms with Crippen molar-refractivity contribution in [2.45, 2.75) is 32.6 Å². The molecule has 2 aliphatic rings. The van der Waals surface area contributed by atoms with Crippen molar-refractivity contribution in [3.63, 3.8) is 0 Å². The van der Waals surface area contributed by atoms with E-state index in [-0.39, 0.29) is 17.1 Å². The molecule has 1 spiro atoms. The van der Waals surface area contributed by atoms with Crippen LogP contribution in [0.15, 0.2) is 48.5 Å².